The summed E-state index contributed by atoms with van der Waals surface area (Å²) in [4.78, 5) is 6.84. The van der Waals surface area contributed by atoms with Gasteiger partial charge in [0.05, 0.1) is 14.2 Å². The minimum absolute atomic E-state index is 0.0408. The predicted octanol–water partition coefficient (Wildman–Crippen LogP) is 2.47. The molecule has 1 aromatic heterocycles. The lowest BCUT2D eigenvalue weighted by atomic mass is 9.77. The monoisotopic (exact) mass is 308 g/mol. The molecule has 0 saturated carbocycles. The van der Waals surface area contributed by atoms with Gasteiger partial charge in [-0.2, -0.15) is 0 Å². The molecule has 1 saturated heterocycles. The SMILES string of the molecule is CCCC1(CO)CCCN(Cc2nccc(OC)c2OC)C1. The second-order valence-corrected chi connectivity index (χ2v) is 6.22. The first kappa shape index (κ1) is 17.0. The summed E-state index contributed by atoms with van der Waals surface area (Å²) in [6.07, 6.45) is 6.16. The van der Waals surface area contributed by atoms with Gasteiger partial charge in [-0.25, -0.2) is 0 Å². The van der Waals surface area contributed by atoms with Crippen LogP contribution in [0.25, 0.3) is 0 Å². The third-order valence-corrected chi connectivity index (χ3v) is 4.60. The van der Waals surface area contributed by atoms with E-state index in [0.717, 1.165) is 51.0 Å². The fraction of sp³-hybridized carbons (Fsp3) is 0.706. The highest BCUT2D eigenvalue weighted by Gasteiger charge is 2.34. The lowest BCUT2D eigenvalue weighted by Crippen LogP contribution is -2.45. The number of piperidine rings is 1. The van der Waals surface area contributed by atoms with Gasteiger partial charge >= 0.3 is 0 Å². The highest BCUT2D eigenvalue weighted by molar-refractivity contribution is 5.42. The maximum Gasteiger partial charge on any atom is 0.183 e. The van der Waals surface area contributed by atoms with Crippen molar-refractivity contribution in [2.24, 2.45) is 5.41 Å². The summed E-state index contributed by atoms with van der Waals surface area (Å²) in [5, 5.41) is 9.85. The lowest BCUT2D eigenvalue weighted by Gasteiger charge is -2.42. The second-order valence-electron chi connectivity index (χ2n) is 6.22. The molecule has 1 aliphatic rings. The molecule has 22 heavy (non-hydrogen) atoms. The molecule has 5 nitrogen and oxygen atoms in total. The van der Waals surface area contributed by atoms with E-state index in [1.165, 1.54) is 0 Å². The number of aliphatic hydroxyl groups excluding tert-OH is 1. The molecular formula is C17H28N2O3. The Kier molecular flexibility index (Phi) is 6.03. The Morgan fingerprint density at radius 3 is 2.82 bits per heavy atom. The van der Waals surface area contributed by atoms with E-state index in [1.54, 1.807) is 20.4 Å². The van der Waals surface area contributed by atoms with E-state index in [-0.39, 0.29) is 12.0 Å². The maximum absolute atomic E-state index is 9.85. The van der Waals surface area contributed by atoms with Crippen molar-refractivity contribution in [2.45, 2.75) is 39.2 Å². The minimum Gasteiger partial charge on any atom is -0.493 e. The third kappa shape index (κ3) is 3.70. The largest absolute Gasteiger partial charge is 0.493 e. The molecule has 0 spiro atoms. The molecular weight excluding hydrogens is 280 g/mol. The summed E-state index contributed by atoms with van der Waals surface area (Å²) in [6, 6.07) is 1.81. The van der Waals surface area contributed by atoms with E-state index in [2.05, 4.69) is 16.8 Å². The van der Waals surface area contributed by atoms with Crippen molar-refractivity contribution in [1.29, 1.82) is 0 Å². The lowest BCUT2D eigenvalue weighted by molar-refractivity contribution is 0.0208. The van der Waals surface area contributed by atoms with Crippen LogP contribution in [0.15, 0.2) is 12.3 Å². The molecule has 0 bridgehead atoms. The molecule has 1 unspecified atom stereocenters. The van der Waals surface area contributed by atoms with Gasteiger partial charge in [-0.05, 0) is 25.8 Å². The van der Waals surface area contributed by atoms with Crippen LogP contribution in [0.4, 0.5) is 0 Å². The van der Waals surface area contributed by atoms with Crippen LogP contribution in [0.1, 0.15) is 38.3 Å². The number of aliphatic hydroxyl groups is 1. The number of hydrogen-bond acceptors (Lipinski definition) is 5. The number of aromatic nitrogens is 1. The van der Waals surface area contributed by atoms with Gasteiger partial charge in [0.15, 0.2) is 11.5 Å². The van der Waals surface area contributed by atoms with Crippen LogP contribution in [-0.4, -0.2) is 48.9 Å². The van der Waals surface area contributed by atoms with Gasteiger partial charge in [-0.3, -0.25) is 9.88 Å². The Balaban J connectivity index is 2.13. The molecule has 124 valence electrons. The van der Waals surface area contributed by atoms with Crippen LogP contribution in [0.3, 0.4) is 0 Å². The van der Waals surface area contributed by atoms with E-state index in [9.17, 15) is 5.11 Å². The molecule has 0 amide bonds. The van der Waals surface area contributed by atoms with Gasteiger partial charge in [-0.1, -0.05) is 13.3 Å². The third-order valence-electron chi connectivity index (χ3n) is 4.60. The number of hydrogen-bond donors (Lipinski definition) is 1. The van der Waals surface area contributed by atoms with Crippen LogP contribution in [0, 0.1) is 5.41 Å². The molecule has 1 aromatic rings. The van der Waals surface area contributed by atoms with Crippen LogP contribution in [0.5, 0.6) is 11.5 Å². The first-order valence-corrected chi connectivity index (χ1v) is 8.07. The Hall–Kier alpha value is -1.33. The second kappa shape index (κ2) is 7.79. The molecule has 1 aliphatic heterocycles. The molecule has 5 heteroatoms. The Morgan fingerprint density at radius 1 is 1.36 bits per heavy atom. The Labute approximate surface area is 133 Å². The van der Waals surface area contributed by atoms with Crippen molar-refractivity contribution in [3.8, 4) is 11.5 Å². The minimum atomic E-state index is 0.0408. The van der Waals surface area contributed by atoms with Crippen molar-refractivity contribution in [3.05, 3.63) is 18.0 Å². The highest BCUT2D eigenvalue weighted by atomic mass is 16.5. The maximum atomic E-state index is 9.85. The quantitative estimate of drug-likeness (QED) is 0.838. The molecule has 1 N–H and O–H groups in total. The first-order valence-electron chi connectivity index (χ1n) is 8.07. The van der Waals surface area contributed by atoms with E-state index in [0.29, 0.717) is 11.5 Å². The average molecular weight is 308 g/mol. The van der Waals surface area contributed by atoms with E-state index in [4.69, 9.17) is 9.47 Å². The van der Waals surface area contributed by atoms with E-state index in [1.807, 2.05) is 6.07 Å². The number of rotatable bonds is 7. The van der Waals surface area contributed by atoms with Gasteiger partial charge in [0.1, 0.15) is 5.69 Å². The van der Waals surface area contributed by atoms with Crippen LogP contribution in [0.2, 0.25) is 0 Å². The van der Waals surface area contributed by atoms with Gasteiger partial charge in [0.25, 0.3) is 0 Å². The molecule has 2 heterocycles. The summed E-state index contributed by atoms with van der Waals surface area (Å²) < 4.78 is 10.8. The number of ether oxygens (including phenoxy) is 2. The van der Waals surface area contributed by atoms with Crippen molar-refractivity contribution < 1.29 is 14.6 Å². The van der Waals surface area contributed by atoms with E-state index >= 15 is 0 Å². The Bertz CT molecular complexity index is 477. The van der Waals surface area contributed by atoms with Crippen molar-refractivity contribution in [2.75, 3.05) is 33.9 Å². The summed E-state index contributed by atoms with van der Waals surface area (Å²) in [7, 11) is 3.29. The fourth-order valence-corrected chi connectivity index (χ4v) is 3.56. The normalized spacial score (nSPS) is 22.5. The summed E-state index contributed by atoms with van der Waals surface area (Å²) in [5.74, 6) is 1.42. The molecule has 0 aliphatic carbocycles. The summed E-state index contributed by atoms with van der Waals surface area (Å²) in [5.41, 5.74) is 0.936. The van der Waals surface area contributed by atoms with Gasteiger partial charge in [0, 0.05) is 37.4 Å². The molecule has 0 aromatic carbocycles. The molecule has 1 fully saturated rings. The standard InChI is InChI=1S/C17H28N2O3/c1-4-7-17(13-20)8-5-10-19(12-17)11-14-16(22-3)15(21-2)6-9-18-14/h6,9,20H,4-5,7-8,10-13H2,1-3H3. The predicted molar refractivity (Wildman–Crippen MR) is 86.3 cm³/mol. The highest BCUT2D eigenvalue weighted by Crippen LogP contribution is 2.36. The zero-order valence-corrected chi connectivity index (χ0v) is 14.0. The van der Waals surface area contributed by atoms with Crippen molar-refractivity contribution in [3.63, 3.8) is 0 Å². The van der Waals surface area contributed by atoms with Crippen LogP contribution < -0.4 is 9.47 Å². The zero-order valence-electron chi connectivity index (χ0n) is 14.0. The smallest absolute Gasteiger partial charge is 0.183 e. The number of pyridine rings is 1. The van der Waals surface area contributed by atoms with E-state index < -0.39 is 0 Å². The number of likely N-dealkylation sites (tertiary alicyclic amines) is 1. The molecule has 0 radical (unpaired) electrons. The molecule has 1 atom stereocenters. The fourth-order valence-electron chi connectivity index (χ4n) is 3.56. The zero-order chi connectivity index (χ0) is 16.0. The first-order chi connectivity index (χ1) is 10.7. The van der Waals surface area contributed by atoms with Crippen LogP contribution in [-0.2, 0) is 6.54 Å². The van der Waals surface area contributed by atoms with Crippen molar-refractivity contribution in [1.82, 2.24) is 9.88 Å². The molecule has 2 rings (SSSR count). The Morgan fingerprint density at radius 2 is 2.18 bits per heavy atom. The van der Waals surface area contributed by atoms with Gasteiger partial charge < -0.3 is 14.6 Å². The average Bonchev–Trinajstić information content (AvgIpc) is 2.55. The van der Waals surface area contributed by atoms with Crippen molar-refractivity contribution >= 4 is 0 Å². The summed E-state index contributed by atoms with van der Waals surface area (Å²) in [6.45, 7) is 5.13. The van der Waals surface area contributed by atoms with Crippen LogP contribution >= 0.6 is 0 Å². The van der Waals surface area contributed by atoms with Gasteiger partial charge in [0.2, 0.25) is 0 Å². The van der Waals surface area contributed by atoms with Gasteiger partial charge in [-0.15, -0.1) is 0 Å². The number of methoxy groups -OCH3 is 2. The topological polar surface area (TPSA) is 54.8 Å². The number of nitrogens with zero attached hydrogens (tertiary/aromatic N) is 2. The summed E-state index contributed by atoms with van der Waals surface area (Å²) >= 11 is 0.